The molecule has 1 heterocycles. The molecular weight excluding hydrogens is 455 g/mol. The molecule has 1 aromatic heterocycles. The van der Waals surface area contributed by atoms with Crippen LogP contribution in [0.15, 0.2) is 34.2 Å². The van der Waals surface area contributed by atoms with E-state index in [-0.39, 0.29) is 11.4 Å². The predicted molar refractivity (Wildman–Crippen MR) is 108 cm³/mol. The average Bonchev–Trinajstić information content (AvgIpc) is 3.09. The molecule has 0 fully saturated rings. The molecule has 12 heteroatoms. The lowest BCUT2D eigenvalue weighted by Crippen LogP contribution is -2.33. The number of hydrogen-bond acceptors (Lipinski definition) is 5. The fourth-order valence-electron chi connectivity index (χ4n) is 3.71. The van der Waals surface area contributed by atoms with Crippen LogP contribution >= 0.6 is 11.8 Å². The standard InChI is InChI=1S/C19H22F3N3O4S2/c1-3-30-13-7-12(19(20,21)22)8-14(9-13)31(28,29)24(2)16-5-4-6-17-15(16)10-23-25(17)11-18(26)27/h7-10,16H,3-6,11H2,1-2H3,(H,26,27)/t16-/m1/s1. The van der Waals surface area contributed by atoms with Gasteiger partial charge in [-0.2, -0.15) is 22.6 Å². The van der Waals surface area contributed by atoms with Gasteiger partial charge in [-0.15, -0.1) is 11.8 Å². The van der Waals surface area contributed by atoms with Crippen molar-refractivity contribution in [3.05, 3.63) is 41.2 Å². The second-order valence-corrected chi connectivity index (χ2v) is 10.5. The molecule has 1 atom stereocenters. The van der Waals surface area contributed by atoms with Crippen LogP contribution in [-0.4, -0.2) is 46.4 Å². The van der Waals surface area contributed by atoms with Gasteiger partial charge in [-0.25, -0.2) is 8.42 Å². The lowest BCUT2D eigenvalue weighted by atomic mass is 9.93. The molecule has 0 saturated heterocycles. The van der Waals surface area contributed by atoms with Gasteiger partial charge in [-0.3, -0.25) is 9.48 Å². The van der Waals surface area contributed by atoms with Crippen LogP contribution < -0.4 is 0 Å². The molecule has 0 aliphatic heterocycles. The first-order valence-corrected chi connectivity index (χ1v) is 12.0. The van der Waals surface area contributed by atoms with Crippen molar-refractivity contribution in [2.45, 2.75) is 54.7 Å². The monoisotopic (exact) mass is 477 g/mol. The Hall–Kier alpha value is -2.05. The van der Waals surface area contributed by atoms with E-state index in [2.05, 4.69) is 5.10 Å². The van der Waals surface area contributed by atoms with Gasteiger partial charge in [0, 0.05) is 23.2 Å². The highest BCUT2D eigenvalue weighted by Crippen LogP contribution is 2.39. The minimum Gasteiger partial charge on any atom is -0.480 e. The van der Waals surface area contributed by atoms with E-state index < -0.39 is 38.7 Å². The SMILES string of the molecule is CCSc1cc(C(F)(F)F)cc(S(=O)(=O)N(C)[C@@H]2CCCc3c2cnn3CC(=O)O)c1. The van der Waals surface area contributed by atoms with Crippen LogP contribution in [0.1, 0.15) is 42.6 Å². The maximum Gasteiger partial charge on any atom is 0.416 e. The van der Waals surface area contributed by atoms with Gasteiger partial charge in [0.2, 0.25) is 10.0 Å². The van der Waals surface area contributed by atoms with Gasteiger partial charge in [-0.1, -0.05) is 6.92 Å². The summed E-state index contributed by atoms with van der Waals surface area (Å²) in [6.07, 6.45) is -1.63. The molecule has 1 aromatic carbocycles. The number of hydrogen-bond donors (Lipinski definition) is 1. The van der Waals surface area contributed by atoms with Gasteiger partial charge in [0.15, 0.2) is 0 Å². The first-order chi connectivity index (χ1) is 14.4. The zero-order valence-corrected chi connectivity index (χ0v) is 18.5. The molecule has 0 saturated carbocycles. The smallest absolute Gasteiger partial charge is 0.416 e. The zero-order chi connectivity index (χ0) is 23.0. The molecule has 7 nitrogen and oxygen atoms in total. The van der Waals surface area contributed by atoms with Crippen molar-refractivity contribution in [1.29, 1.82) is 0 Å². The molecule has 0 amide bonds. The normalized spacial score (nSPS) is 17.0. The summed E-state index contributed by atoms with van der Waals surface area (Å²) < 4.78 is 69.0. The van der Waals surface area contributed by atoms with Gasteiger partial charge in [0.25, 0.3) is 0 Å². The number of rotatable bonds is 7. The van der Waals surface area contributed by atoms with Crippen LogP contribution in [0.4, 0.5) is 13.2 Å². The van der Waals surface area contributed by atoms with Crippen LogP contribution in [0.25, 0.3) is 0 Å². The van der Waals surface area contributed by atoms with Gasteiger partial charge in [0.05, 0.1) is 22.7 Å². The fraction of sp³-hybridized carbons (Fsp3) is 0.474. The summed E-state index contributed by atoms with van der Waals surface area (Å²) in [6, 6.07) is 2.21. The Labute approximate surface area is 182 Å². The van der Waals surface area contributed by atoms with E-state index in [4.69, 9.17) is 5.11 Å². The van der Waals surface area contributed by atoms with Gasteiger partial charge < -0.3 is 5.11 Å². The molecule has 0 bridgehead atoms. The highest BCUT2D eigenvalue weighted by atomic mass is 32.2. The van der Waals surface area contributed by atoms with E-state index in [0.29, 0.717) is 42.3 Å². The summed E-state index contributed by atoms with van der Waals surface area (Å²) in [5, 5.41) is 13.1. The molecule has 2 aromatic rings. The molecular formula is C19H22F3N3O4S2. The summed E-state index contributed by atoms with van der Waals surface area (Å²) in [6.45, 7) is 1.42. The number of carbonyl (C=O) groups is 1. The predicted octanol–water partition coefficient (Wildman–Crippen LogP) is 3.80. The van der Waals surface area contributed by atoms with Crippen LogP contribution in [0.5, 0.6) is 0 Å². The Morgan fingerprint density at radius 3 is 2.68 bits per heavy atom. The Morgan fingerprint density at radius 2 is 2.06 bits per heavy atom. The number of aromatic nitrogens is 2. The highest BCUT2D eigenvalue weighted by Gasteiger charge is 2.37. The number of carboxylic acids is 1. The lowest BCUT2D eigenvalue weighted by molar-refractivity contribution is -0.138. The highest BCUT2D eigenvalue weighted by molar-refractivity contribution is 7.99. The van der Waals surface area contributed by atoms with E-state index in [1.54, 1.807) is 6.92 Å². The number of halogens is 3. The molecule has 31 heavy (non-hydrogen) atoms. The number of alkyl halides is 3. The summed E-state index contributed by atoms with van der Waals surface area (Å²) in [4.78, 5) is 10.8. The largest absolute Gasteiger partial charge is 0.480 e. The second-order valence-electron chi connectivity index (χ2n) is 7.15. The molecule has 1 N–H and O–H groups in total. The summed E-state index contributed by atoms with van der Waals surface area (Å²) in [7, 11) is -2.92. The number of sulfonamides is 1. The van der Waals surface area contributed by atoms with Crippen molar-refractivity contribution in [3.8, 4) is 0 Å². The third-order valence-electron chi connectivity index (χ3n) is 5.15. The van der Waals surface area contributed by atoms with Crippen molar-refractivity contribution >= 4 is 27.8 Å². The van der Waals surface area contributed by atoms with Crippen LogP contribution in [-0.2, 0) is 34.0 Å². The maximum atomic E-state index is 13.4. The Kier molecular flexibility index (Phi) is 6.72. The topological polar surface area (TPSA) is 92.5 Å². The van der Waals surface area contributed by atoms with Gasteiger partial charge in [0.1, 0.15) is 6.54 Å². The number of fused-ring (bicyclic) bond motifs is 1. The van der Waals surface area contributed by atoms with Crippen LogP contribution in [0.3, 0.4) is 0 Å². The third kappa shape index (κ3) is 4.90. The summed E-state index contributed by atoms with van der Waals surface area (Å²) in [5.74, 6) is -0.579. The molecule has 0 radical (unpaired) electrons. The van der Waals surface area contributed by atoms with Crippen molar-refractivity contribution in [1.82, 2.24) is 14.1 Å². The Morgan fingerprint density at radius 1 is 1.35 bits per heavy atom. The number of carboxylic acid groups (broad SMARTS) is 1. The van der Waals surface area contributed by atoms with E-state index in [9.17, 15) is 26.4 Å². The average molecular weight is 478 g/mol. The molecule has 0 spiro atoms. The summed E-state index contributed by atoms with van der Waals surface area (Å²) in [5.41, 5.74) is 0.192. The minimum atomic E-state index is -4.68. The van der Waals surface area contributed by atoms with Crippen molar-refractivity contribution in [2.75, 3.05) is 12.8 Å². The number of aliphatic carboxylic acids is 1. The quantitative estimate of drug-likeness (QED) is 0.610. The number of thioether (sulfide) groups is 1. The molecule has 3 rings (SSSR count). The number of benzene rings is 1. The maximum absolute atomic E-state index is 13.4. The minimum absolute atomic E-state index is 0.225. The zero-order valence-electron chi connectivity index (χ0n) is 16.9. The Bertz CT molecular complexity index is 1080. The fourth-order valence-corrected chi connectivity index (χ4v) is 5.97. The van der Waals surface area contributed by atoms with Gasteiger partial charge in [-0.05, 0) is 43.2 Å². The third-order valence-corrected chi connectivity index (χ3v) is 7.85. The van der Waals surface area contributed by atoms with Crippen molar-refractivity contribution in [3.63, 3.8) is 0 Å². The van der Waals surface area contributed by atoms with E-state index in [0.717, 1.165) is 22.1 Å². The Balaban J connectivity index is 2.01. The van der Waals surface area contributed by atoms with E-state index in [1.807, 2.05) is 0 Å². The first-order valence-electron chi connectivity index (χ1n) is 9.54. The van der Waals surface area contributed by atoms with Crippen LogP contribution in [0, 0.1) is 0 Å². The van der Waals surface area contributed by atoms with E-state index >= 15 is 0 Å². The number of nitrogens with zero attached hydrogens (tertiary/aromatic N) is 3. The van der Waals surface area contributed by atoms with E-state index in [1.165, 1.54) is 24.0 Å². The molecule has 1 aliphatic rings. The van der Waals surface area contributed by atoms with Crippen molar-refractivity contribution < 1.29 is 31.5 Å². The molecule has 1 aliphatic carbocycles. The molecule has 170 valence electrons. The lowest BCUT2D eigenvalue weighted by Gasteiger charge is -2.31. The van der Waals surface area contributed by atoms with Crippen LogP contribution in [0.2, 0.25) is 0 Å². The first kappa shape index (κ1) is 23.6. The van der Waals surface area contributed by atoms with Crippen molar-refractivity contribution in [2.24, 2.45) is 0 Å². The van der Waals surface area contributed by atoms with Gasteiger partial charge >= 0.3 is 12.1 Å². The summed E-state index contributed by atoms with van der Waals surface area (Å²) >= 11 is 1.13. The second kappa shape index (κ2) is 8.83. The molecule has 0 unspecified atom stereocenters.